The maximum atomic E-state index is 13.3. The largest absolute Gasteiger partial charge is 0.368 e. The highest BCUT2D eigenvalue weighted by Crippen LogP contribution is 2.29. The summed E-state index contributed by atoms with van der Waals surface area (Å²) < 4.78 is 1.58. The van der Waals surface area contributed by atoms with Crippen molar-refractivity contribution in [2.75, 3.05) is 19.6 Å². The molecule has 31 heavy (non-hydrogen) atoms. The first-order chi connectivity index (χ1) is 14.8. The Morgan fingerprint density at radius 1 is 1.13 bits per heavy atom. The van der Waals surface area contributed by atoms with Gasteiger partial charge in [0.05, 0.1) is 16.5 Å². The molecule has 1 atom stereocenters. The smallest absolute Gasteiger partial charge is 0.269 e. The Balaban J connectivity index is 1.47. The summed E-state index contributed by atoms with van der Waals surface area (Å²) in [6, 6.07) is 6.11. The number of non-ortho nitro benzene ring substituents is 1. The van der Waals surface area contributed by atoms with Gasteiger partial charge >= 0.3 is 0 Å². The van der Waals surface area contributed by atoms with Gasteiger partial charge in [0.15, 0.2) is 0 Å². The third kappa shape index (κ3) is 4.15. The summed E-state index contributed by atoms with van der Waals surface area (Å²) in [5.74, 6) is -0.369. The molecule has 2 amide bonds. The number of carbonyl (C=O) groups excluding carboxylic acids is 2. The molecule has 2 fully saturated rings. The molecule has 0 bridgehead atoms. The molecule has 2 saturated heterocycles. The molecular formula is C21H26N6O4. The summed E-state index contributed by atoms with van der Waals surface area (Å²) in [5.41, 5.74) is 7.19. The van der Waals surface area contributed by atoms with Crippen LogP contribution in [0.3, 0.4) is 0 Å². The van der Waals surface area contributed by atoms with Crippen LogP contribution in [0, 0.1) is 10.1 Å². The number of carbonyl (C=O) groups is 2. The predicted octanol–water partition coefficient (Wildman–Crippen LogP) is 1.55. The molecule has 1 aromatic heterocycles. The average Bonchev–Trinajstić information content (AvgIpc) is 3.40. The standard InChI is InChI=1S/C21H26N6O4/c1-24-13-17(19(23-24)14-4-6-16(7-5-14)27(30)31)21(29)25-11-8-15(9-12-25)26-10-2-3-18(26)20(22)28/h4-7,13,15,18H,2-3,8-12H2,1H3,(H2,22,28). The molecule has 3 heterocycles. The number of amides is 2. The van der Waals surface area contributed by atoms with Crippen LogP contribution in [0.2, 0.25) is 0 Å². The zero-order chi connectivity index (χ0) is 22.1. The van der Waals surface area contributed by atoms with Gasteiger partial charge in [0, 0.05) is 50.1 Å². The van der Waals surface area contributed by atoms with Gasteiger partial charge in [-0.3, -0.25) is 29.3 Å². The predicted molar refractivity (Wildman–Crippen MR) is 113 cm³/mol. The number of primary amides is 1. The van der Waals surface area contributed by atoms with Gasteiger partial charge in [-0.25, -0.2) is 0 Å². The normalized spacial score (nSPS) is 20.2. The number of likely N-dealkylation sites (tertiary alicyclic amines) is 2. The topological polar surface area (TPSA) is 128 Å². The third-order valence-corrected chi connectivity index (χ3v) is 6.25. The number of nitro groups is 1. The molecule has 10 nitrogen and oxygen atoms in total. The Bertz CT molecular complexity index is 994. The zero-order valence-corrected chi connectivity index (χ0v) is 17.4. The highest BCUT2D eigenvalue weighted by Gasteiger charge is 2.36. The number of aromatic nitrogens is 2. The van der Waals surface area contributed by atoms with Crippen molar-refractivity contribution in [3.63, 3.8) is 0 Å². The van der Waals surface area contributed by atoms with Crippen molar-refractivity contribution < 1.29 is 14.5 Å². The van der Waals surface area contributed by atoms with Crippen molar-refractivity contribution in [3.8, 4) is 11.3 Å². The van der Waals surface area contributed by atoms with Gasteiger partial charge in [-0.05, 0) is 44.4 Å². The van der Waals surface area contributed by atoms with E-state index in [4.69, 9.17) is 5.73 Å². The van der Waals surface area contributed by atoms with Gasteiger partial charge in [0.2, 0.25) is 5.91 Å². The number of nitrogens with zero attached hydrogens (tertiary/aromatic N) is 5. The fourth-order valence-corrected chi connectivity index (χ4v) is 4.70. The Kier molecular flexibility index (Phi) is 5.73. The average molecular weight is 426 g/mol. The second-order valence-electron chi connectivity index (χ2n) is 8.19. The fraction of sp³-hybridized carbons (Fsp3) is 0.476. The van der Waals surface area contributed by atoms with Gasteiger partial charge in [-0.2, -0.15) is 5.10 Å². The van der Waals surface area contributed by atoms with E-state index in [1.54, 1.807) is 30.1 Å². The van der Waals surface area contributed by atoms with E-state index >= 15 is 0 Å². The molecule has 2 aliphatic heterocycles. The van der Waals surface area contributed by atoms with Gasteiger partial charge < -0.3 is 10.6 Å². The number of aryl methyl sites for hydroxylation is 1. The van der Waals surface area contributed by atoms with E-state index in [0.717, 1.165) is 32.2 Å². The van der Waals surface area contributed by atoms with Crippen LogP contribution in [0.5, 0.6) is 0 Å². The molecule has 0 aliphatic carbocycles. The lowest BCUT2D eigenvalue weighted by Crippen LogP contribution is -2.51. The molecule has 4 rings (SSSR count). The number of nitro benzene ring substituents is 1. The summed E-state index contributed by atoms with van der Waals surface area (Å²) in [4.78, 5) is 39.4. The first-order valence-electron chi connectivity index (χ1n) is 10.5. The lowest BCUT2D eigenvalue weighted by molar-refractivity contribution is -0.384. The van der Waals surface area contributed by atoms with E-state index in [-0.39, 0.29) is 29.6 Å². The Labute approximate surface area is 179 Å². The quantitative estimate of drug-likeness (QED) is 0.571. The molecule has 0 saturated carbocycles. The molecule has 2 N–H and O–H groups in total. The molecule has 1 unspecified atom stereocenters. The van der Waals surface area contributed by atoms with Crippen molar-refractivity contribution in [2.45, 2.75) is 37.8 Å². The summed E-state index contributed by atoms with van der Waals surface area (Å²) in [7, 11) is 1.75. The number of nitrogens with two attached hydrogens (primary N) is 1. The first-order valence-corrected chi connectivity index (χ1v) is 10.5. The zero-order valence-electron chi connectivity index (χ0n) is 17.4. The van der Waals surface area contributed by atoms with Crippen molar-refractivity contribution >= 4 is 17.5 Å². The summed E-state index contributed by atoms with van der Waals surface area (Å²) in [5, 5.41) is 15.3. The molecular weight excluding hydrogens is 400 g/mol. The Hall–Kier alpha value is -3.27. The van der Waals surface area contributed by atoms with Crippen molar-refractivity contribution in [3.05, 3.63) is 46.1 Å². The van der Waals surface area contributed by atoms with Crippen LogP contribution in [0.4, 0.5) is 5.69 Å². The lowest BCUT2D eigenvalue weighted by Gasteiger charge is -2.38. The maximum Gasteiger partial charge on any atom is 0.269 e. The molecule has 2 aromatic rings. The highest BCUT2D eigenvalue weighted by molar-refractivity contribution is 6.00. The van der Waals surface area contributed by atoms with Crippen LogP contribution in [0.25, 0.3) is 11.3 Å². The number of benzene rings is 1. The van der Waals surface area contributed by atoms with Crippen molar-refractivity contribution in [2.24, 2.45) is 12.8 Å². The lowest BCUT2D eigenvalue weighted by atomic mass is 10.0. The van der Waals surface area contributed by atoms with E-state index in [9.17, 15) is 19.7 Å². The van der Waals surface area contributed by atoms with E-state index in [1.165, 1.54) is 12.1 Å². The minimum absolute atomic E-state index is 0.00851. The van der Waals surface area contributed by atoms with Crippen molar-refractivity contribution in [1.29, 1.82) is 0 Å². The molecule has 164 valence electrons. The van der Waals surface area contributed by atoms with E-state index < -0.39 is 4.92 Å². The van der Waals surface area contributed by atoms with Gasteiger partial charge in [-0.15, -0.1) is 0 Å². The van der Waals surface area contributed by atoms with Crippen LogP contribution in [-0.2, 0) is 11.8 Å². The molecule has 1 aromatic carbocycles. The van der Waals surface area contributed by atoms with Crippen LogP contribution in [-0.4, -0.2) is 68.0 Å². The fourth-order valence-electron chi connectivity index (χ4n) is 4.70. The highest BCUT2D eigenvalue weighted by atomic mass is 16.6. The second-order valence-corrected chi connectivity index (χ2v) is 8.19. The van der Waals surface area contributed by atoms with Gasteiger partial charge in [-0.1, -0.05) is 0 Å². The molecule has 0 spiro atoms. The summed E-state index contributed by atoms with van der Waals surface area (Å²) >= 11 is 0. The Morgan fingerprint density at radius 2 is 1.81 bits per heavy atom. The monoisotopic (exact) mass is 426 g/mol. The molecule has 2 aliphatic rings. The van der Waals surface area contributed by atoms with E-state index in [1.807, 2.05) is 4.90 Å². The van der Waals surface area contributed by atoms with Gasteiger partial charge in [0.1, 0.15) is 5.69 Å². The number of rotatable bonds is 5. The number of hydrogen-bond donors (Lipinski definition) is 1. The third-order valence-electron chi connectivity index (χ3n) is 6.25. The summed E-state index contributed by atoms with van der Waals surface area (Å²) in [6.45, 7) is 2.07. The van der Waals surface area contributed by atoms with Crippen LogP contribution in [0.15, 0.2) is 30.5 Å². The van der Waals surface area contributed by atoms with E-state index in [2.05, 4.69) is 10.00 Å². The van der Waals surface area contributed by atoms with Crippen LogP contribution in [0.1, 0.15) is 36.0 Å². The molecule has 0 radical (unpaired) electrons. The van der Waals surface area contributed by atoms with Crippen molar-refractivity contribution in [1.82, 2.24) is 19.6 Å². The second kappa shape index (κ2) is 8.46. The van der Waals surface area contributed by atoms with Crippen LogP contribution >= 0.6 is 0 Å². The minimum atomic E-state index is -0.457. The number of piperidine rings is 1. The van der Waals surface area contributed by atoms with E-state index in [0.29, 0.717) is 29.9 Å². The summed E-state index contributed by atoms with van der Waals surface area (Å²) in [6.07, 6.45) is 5.06. The van der Waals surface area contributed by atoms with Gasteiger partial charge in [0.25, 0.3) is 11.6 Å². The number of hydrogen-bond acceptors (Lipinski definition) is 6. The first kappa shape index (κ1) is 21.0. The Morgan fingerprint density at radius 3 is 2.42 bits per heavy atom. The minimum Gasteiger partial charge on any atom is -0.368 e. The maximum absolute atomic E-state index is 13.3. The molecule has 10 heteroatoms. The van der Waals surface area contributed by atoms with Crippen LogP contribution < -0.4 is 5.73 Å². The SMILES string of the molecule is Cn1cc(C(=O)N2CCC(N3CCCC3C(N)=O)CC2)c(-c2ccc([N+](=O)[O-])cc2)n1.